The van der Waals surface area contributed by atoms with Gasteiger partial charge in [-0.1, -0.05) is 26.2 Å². The molecule has 1 rings (SSSR count). The third kappa shape index (κ3) is 3.96. The van der Waals surface area contributed by atoms with Crippen LogP contribution >= 0.6 is 0 Å². The lowest BCUT2D eigenvalue weighted by Gasteiger charge is -2.33. The molecule has 0 aromatic rings. The fourth-order valence-corrected chi connectivity index (χ4v) is 2.59. The van der Waals surface area contributed by atoms with E-state index in [-0.39, 0.29) is 6.54 Å². The smallest absolute Gasteiger partial charge is 0.338 e. The van der Waals surface area contributed by atoms with Crippen molar-refractivity contribution in [1.29, 1.82) is 0 Å². The van der Waals surface area contributed by atoms with Crippen molar-refractivity contribution in [2.75, 3.05) is 13.7 Å². The molecule has 0 spiro atoms. The fourth-order valence-electron chi connectivity index (χ4n) is 2.59. The van der Waals surface area contributed by atoms with Crippen molar-refractivity contribution >= 4 is 5.97 Å². The topological polar surface area (TPSA) is 58.6 Å². The van der Waals surface area contributed by atoms with E-state index in [1.807, 2.05) is 0 Å². The van der Waals surface area contributed by atoms with Gasteiger partial charge < -0.3 is 15.2 Å². The molecule has 0 aromatic carbocycles. The average molecular weight is 243 g/mol. The van der Waals surface area contributed by atoms with Gasteiger partial charge in [-0.2, -0.15) is 0 Å². The lowest BCUT2D eigenvalue weighted by molar-refractivity contribution is -0.160. The number of carbonyl (C=O) groups excluding carboxylic acids is 1. The molecule has 1 fully saturated rings. The van der Waals surface area contributed by atoms with E-state index in [1.165, 1.54) is 33.3 Å². The van der Waals surface area contributed by atoms with Crippen LogP contribution in [0.25, 0.3) is 0 Å². The molecular formula is C13H25NO3. The Hall–Kier alpha value is -0.610. The zero-order valence-corrected chi connectivity index (χ0v) is 11.2. The van der Waals surface area contributed by atoms with E-state index in [0.717, 1.165) is 12.8 Å². The van der Waals surface area contributed by atoms with Gasteiger partial charge in [0.2, 0.25) is 0 Å². The fraction of sp³-hybridized carbons (Fsp3) is 0.923. The SMILES string of the molecule is CCC1CCCCC1NCC(C)(O)C(=O)OC. The zero-order valence-electron chi connectivity index (χ0n) is 11.2. The monoisotopic (exact) mass is 243 g/mol. The summed E-state index contributed by atoms with van der Waals surface area (Å²) in [5, 5.41) is 13.3. The molecule has 0 aliphatic heterocycles. The van der Waals surface area contributed by atoms with Crippen LogP contribution in [0.5, 0.6) is 0 Å². The standard InChI is InChI=1S/C13H25NO3/c1-4-10-7-5-6-8-11(10)14-9-13(2,16)12(15)17-3/h10-11,14,16H,4-9H2,1-3H3. The van der Waals surface area contributed by atoms with Gasteiger partial charge in [-0.3, -0.25) is 0 Å². The first-order chi connectivity index (χ1) is 8.01. The van der Waals surface area contributed by atoms with Crippen LogP contribution in [0, 0.1) is 5.92 Å². The summed E-state index contributed by atoms with van der Waals surface area (Å²) in [6, 6.07) is 0.421. The predicted molar refractivity (Wildman–Crippen MR) is 66.7 cm³/mol. The molecule has 3 atom stereocenters. The highest BCUT2D eigenvalue weighted by Gasteiger charge is 2.33. The summed E-state index contributed by atoms with van der Waals surface area (Å²) < 4.78 is 4.58. The van der Waals surface area contributed by atoms with Crippen molar-refractivity contribution in [2.24, 2.45) is 5.92 Å². The predicted octanol–water partition coefficient (Wildman–Crippen LogP) is 1.47. The van der Waals surface area contributed by atoms with Crippen LogP contribution < -0.4 is 5.32 Å². The maximum absolute atomic E-state index is 11.3. The summed E-state index contributed by atoms with van der Waals surface area (Å²) in [6.45, 7) is 3.96. The molecule has 4 nitrogen and oxygen atoms in total. The lowest BCUT2D eigenvalue weighted by atomic mass is 9.82. The van der Waals surface area contributed by atoms with Gasteiger partial charge in [0, 0.05) is 12.6 Å². The molecule has 0 amide bonds. The maximum Gasteiger partial charge on any atom is 0.338 e. The molecule has 0 heterocycles. The number of hydrogen-bond donors (Lipinski definition) is 2. The molecule has 3 unspecified atom stereocenters. The first kappa shape index (κ1) is 14.5. The Morgan fingerprint density at radius 1 is 1.47 bits per heavy atom. The molecule has 0 aromatic heterocycles. The van der Waals surface area contributed by atoms with Gasteiger partial charge in [0.25, 0.3) is 0 Å². The van der Waals surface area contributed by atoms with E-state index in [2.05, 4.69) is 17.0 Å². The van der Waals surface area contributed by atoms with Crippen LogP contribution in [0.4, 0.5) is 0 Å². The number of hydrogen-bond acceptors (Lipinski definition) is 4. The van der Waals surface area contributed by atoms with Crippen molar-refractivity contribution in [3.63, 3.8) is 0 Å². The lowest BCUT2D eigenvalue weighted by Crippen LogP contribution is -2.50. The summed E-state index contributed by atoms with van der Waals surface area (Å²) >= 11 is 0. The zero-order chi connectivity index (χ0) is 12.9. The number of carbonyl (C=O) groups is 1. The van der Waals surface area contributed by atoms with Crippen LogP contribution in [0.15, 0.2) is 0 Å². The van der Waals surface area contributed by atoms with E-state index in [9.17, 15) is 9.90 Å². The number of ether oxygens (including phenoxy) is 1. The molecular weight excluding hydrogens is 218 g/mol. The highest BCUT2D eigenvalue weighted by atomic mass is 16.5. The van der Waals surface area contributed by atoms with Gasteiger partial charge >= 0.3 is 5.97 Å². The van der Waals surface area contributed by atoms with E-state index < -0.39 is 11.6 Å². The average Bonchev–Trinajstić information content (AvgIpc) is 2.35. The van der Waals surface area contributed by atoms with Gasteiger partial charge in [-0.05, 0) is 25.7 Å². The Balaban J connectivity index is 2.45. The Labute approximate surface area is 104 Å². The van der Waals surface area contributed by atoms with Crippen molar-refractivity contribution in [2.45, 2.75) is 57.6 Å². The van der Waals surface area contributed by atoms with Gasteiger partial charge in [-0.15, -0.1) is 0 Å². The molecule has 2 N–H and O–H groups in total. The minimum atomic E-state index is -1.43. The van der Waals surface area contributed by atoms with E-state index in [4.69, 9.17) is 0 Å². The summed E-state index contributed by atoms with van der Waals surface area (Å²) in [4.78, 5) is 11.3. The summed E-state index contributed by atoms with van der Waals surface area (Å²) in [7, 11) is 1.30. The summed E-state index contributed by atoms with van der Waals surface area (Å²) in [6.07, 6.45) is 6.06. The number of aliphatic hydroxyl groups is 1. The summed E-state index contributed by atoms with van der Waals surface area (Å²) in [5.41, 5.74) is -1.43. The molecule has 1 aliphatic carbocycles. The third-order valence-corrected chi connectivity index (χ3v) is 3.77. The largest absolute Gasteiger partial charge is 0.467 e. The summed E-state index contributed by atoms with van der Waals surface area (Å²) in [5.74, 6) is 0.0889. The maximum atomic E-state index is 11.3. The number of methoxy groups -OCH3 is 1. The molecule has 1 saturated carbocycles. The van der Waals surface area contributed by atoms with E-state index in [1.54, 1.807) is 0 Å². The quantitative estimate of drug-likeness (QED) is 0.718. The Bertz CT molecular complexity index is 253. The van der Waals surface area contributed by atoms with Crippen molar-refractivity contribution < 1.29 is 14.6 Å². The molecule has 0 saturated heterocycles. The highest BCUT2D eigenvalue weighted by molar-refractivity contribution is 5.78. The van der Waals surface area contributed by atoms with Crippen LogP contribution in [-0.2, 0) is 9.53 Å². The van der Waals surface area contributed by atoms with Gasteiger partial charge in [-0.25, -0.2) is 4.79 Å². The second-order valence-corrected chi connectivity index (χ2v) is 5.21. The van der Waals surface area contributed by atoms with Crippen LogP contribution in [-0.4, -0.2) is 36.4 Å². The van der Waals surface area contributed by atoms with Crippen LogP contribution in [0.2, 0.25) is 0 Å². The van der Waals surface area contributed by atoms with E-state index >= 15 is 0 Å². The van der Waals surface area contributed by atoms with Crippen LogP contribution in [0.3, 0.4) is 0 Å². The number of nitrogens with one attached hydrogen (secondary N) is 1. The molecule has 1 aliphatic rings. The highest BCUT2D eigenvalue weighted by Crippen LogP contribution is 2.27. The third-order valence-electron chi connectivity index (χ3n) is 3.77. The molecule has 0 bridgehead atoms. The molecule has 17 heavy (non-hydrogen) atoms. The normalized spacial score (nSPS) is 28.5. The molecule has 100 valence electrons. The second kappa shape index (κ2) is 6.36. The van der Waals surface area contributed by atoms with Crippen LogP contribution in [0.1, 0.15) is 46.0 Å². The van der Waals surface area contributed by atoms with Gasteiger partial charge in [0.05, 0.1) is 7.11 Å². The van der Waals surface area contributed by atoms with Crippen molar-refractivity contribution in [1.82, 2.24) is 5.32 Å². The first-order valence-electron chi connectivity index (χ1n) is 6.55. The first-order valence-corrected chi connectivity index (χ1v) is 6.55. The van der Waals surface area contributed by atoms with Gasteiger partial charge in [0.15, 0.2) is 5.60 Å². The molecule has 4 heteroatoms. The minimum absolute atomic E-state index is 0.265. The Kier molecular flexibility index (Phi) is 5.40. The minimum Gasteiger partial charge on any atom is -0.467 e. The van der Waals surface area contributed by atoms with Crippen molar-refractivity contribution in [3.8, 4) is 0 Å². The van der Waals surface area contributed by atoms with Gasteiger partial charge in [0.1, 0.15) is 0 Å². The Morgan fingerprint density at radius 3 is 2.71 bits per heavy atom. The second-order valence-electron chi connectivity index (χ2n) is 5.21. The molecule has 0 radical (unpaired) electrons. The Morgan fingerprint density at radius 2 is 2.12 bits per heavy atom. The van der Waals surface area contributed by atoms with E-state index in [0.29, 0.717) is 12.0 Å². The number of rotatable bonds is 5. The van der Waals surface area contributed by atoms with Crippen molar-refractivity contribution in [3.05, 3.63) is 0 Å². The number of esters is 1.